The number of amides is 4. The molecule has 3 N–H and O–H groups in total. The normalized spacial score (nSPS) is 16.9. The van der Waals surface area contributed by atoms with Crippen LogP contribution >= 0.6 is 0 Å². The van der Waals surface area contributed by atoms with E-state index >= 15 is 0 Å². The van der Waals surface area contributed by atoms with E-state index in [0.717, 1.165) is 42.4 Å². The second-order valence-corrected chi connectivity index (χ2v) is 15.9. The first-order chi connectivity index (χ1) is 25.9. The van der Waals surface area contributed by atoms with Gasteiger partial charge < -0.3 is 30.3 Å². The summed E-state index contributed by atoms with van der Waals surface area (Å²) in [7, 11) is 0. The van der Waals surface area contributed by atoms with Gasteiger partial charge in [-0.25, -0.2) is 14.0 Å². The minimum Gasteiger partial charge on any atom is -0.445 e. The molecule has 10 nitrogen and oxygen atoms in total. The average molecular weight is 743 g/mol. The number of hydrogen-bond donors (Lipinski definition) is 3. The number of hydrogen-bond acceptors (Lipinski definition) is 6. The summed E-state index contributed by atoms with van der Waals surface area (Å²) in [4.78, 5) is 55.9. The Morgan fingerprint density at radius 2 is 1.35 bits per heavy atom. The van der Waals surface area contributed by atoms with E-state index in [1.54, 1.807) is 17.0 Å². The van der Waals surface area contributed by atoms with Crippen LogP contribution in [0.5, 0.6) is 0 Å². The summed E-state index contributed by atoms with van der Waals surface area (Å²) in [5, 5.41) is 8.99. The van der Waals surface area contributed by atoms with Gasteiger partial charge in [0, 0.05) is 19.6 Å². The lowest BCUT2D eigenvalue weighted by Crippen LogP contribution is -2.61. The molecule has 54 heavy (non-hydrogen) atoms. The number of carbonyl (C=O) groups is 4. The van der Waals surface area contributed by atoms with E-state index in [0.29, 0.717) is 44.7 Å². The summed E-state index contributed by atoms with van der Waals surface area (Å²) in [6.45, 7) is 6.78. The number of piperidine rings is 1. The molecule has 1 saturated carbocycles. The highest BCUT2D eigenvalue weighted by Gasteiger charge is 2.42. The van der Waals surface area contributed by atoms with E-state index in [1.807, 2.05) is 81.4 Å². The second-order valence-electron chi connectivity index (χ2n) is 15.9. The van der Waals surface area contributed by atoms with Crippen molar-refractivity contribution in [1.82, 2.24) is 20.9 Å². The second kappa shape index (κ2) is 18.9. The Hall–Kier alpha value is -4.93. The molecular weight excluding hydrogens is 687 g/mol. The number of benzene rings is 3. The summed E-state index contributed by atoms with van der Waals surface area (Å²) >= 11 is 0. The molecule has 290 valence electrons. The Morgan fingerprint density at radius 1 is 0.796 bits per heavy atom. The molecule has 0 bridgehead atoms. The van der Waals surface area contributed by atoms with E-state index in [-0.39, 0.29) is 37.4 Å². The number of carbonyl (C=O) groups excluding carboxylic acids is 4. The van der Waals surface area contributed by atoms with Gasteiger partial charge in [-0.1, -0.05) is 119 Å². The minimum atomic E-state index is -0.825. The fourth-order valence-electron chi connectivity index (χ4n) is 7.47. The lowest BCUT2D eigenvalue weighted by Gasteiger charge is -2.44. The molecule has 1 saturated heterocycles. The quantitative estimate of drug-likeness (QED) is 0.159. The van der Waals surface area contributed by atoms with Crippen LogP contribution in [0, 0.1) is 23.1 Å². The molecule has 1 aliphatic heterocycles. The van der Waals surface area contributed by atoms with Crippen molar-refractivity contribution in [1.29, 1.82) is 0 Å². The summed E-state index contributed by atoms with van der Waals surface area (Å²) in [5.74, 6) is -0.986. The zero-order valence-corrected chi connectivity index (χ0v) is 31.8. The number of ether oxygens (including phenoxy) is 2. The van der Waals surface area contributed by atoms with E-state index in [1.165, 1.54) is 12.1 Å². The lowest BCUT2D eigenvalue weighted by atomic mass is 9.80. The summed E-state index contributed by atoms with van der Waals surface area (Å²) in [5.41, 5.74) is 1.22. The van der Waals surface area contributed by atoms with Gasteiger partial charge in [-0.05, 0) is 65.8 Å². The van der Waals surface area contributed by atoms with Crippen molar-refractivity contribution in [3.05, 3.63) is 107 Å². The van der Waals surface area contributed by atoms with Crippen molar-refractivity contribution in [2.45, 2.75) is 96.9 Å². The van der Waals surface area contributed by atoms with Crippen molar-refractivity contribution in [3.8, 4) is 0 Å². The van der Waals surface area contributed by atoms with Gasteiger partial charge in [0.25, 0.3) is 0 Å². The van der Waals surface area contributed by atoms with Gasteiger partial charge in [0.05, 0.1) is 11.5 Å². The molecule has 11 heteroatoms. The topological polar surface area (TPSA) is 126 Å². The predicted molar refractivity (Wildman–Crippen MR) is 204 cm³/mol. The SMILES string of the molecule is CC(C)(C)[C@H](NC(=O)[C@@H](CNC(=O)OCc1ccccc1)CC1CCCC1)C(=O)N1CCC(Cc2ccc(F)cc2)(NC(=O)OCc2ccccc2)CC1. The number of nitrogens with zero attached hydrogens (tertiary/aromatic N) is 1. The largest absolute Gasteiger partial charge is 0.445 e. The molecule has 0 unspecified atom stereocenters. The smallest absolute Gasteiger partial charge is 0.407 e. The van der Waals surface area contributed by atoms with Crippen molar-refractivity contribution in [2.24, 2.45) is 17.3 Å². The monoisotopic (exact) mass is 742 g/mol. The van der Waals surface area contributed by atoms with E-state index in [4.69, 9.17) is 9.47 Å². The Labute approximate surface area is 318 Å². The van der Waals surface area contributed by atoms with Gasteiger partial charge in [-0.15, -0.1) is 0 Å². The van der Waals surface area contributed by atoms with Crippen LogP contribution in [0.2, 0.25) is 0 Å². The van der Waals surface area contributed by atoms with Gasteiger partial charge >= 0.3 is 12.2 Å². The Morgan fingerprint density at radius 3 is 1.91 bits per heavy atom. The lowest BCUT2D eigenvalue weighted by molar-refractivity contribution is -0.142. The molecule has 0 radical (unpaired) electrons. The molecule has 5 rings (SSSR count). The first-order valence-corrected chi connectivity index (χ1v) is 19.2. The zero-order chi connectivity index (χ0) is 38.6. The van der Waals surface area contributed by atoms with Gasteiger partial charge in [-0.2, -0.15) is 0 Å². The molecule has 1 heterocycles. The summed E-state index contributed by atoms with van der Waals surface area (Å²) in [6.07, 6.45) is 5.04. The molecule has 3 aromatic carbocycles. The third-order valence-corrected chi connectivity index (χ3v) is 10.6. The zero-order valence-electron chi connectivity index (χ0n) is 31.8. The van der Waals surface area contributed by atoms with E-state index in [2.05, 4.69) is 16.0 Å². The molecule has 2 atom stereocenters. The Bertz CT molecular complexity index is 1670. The molecule has 1 aliphatic carbocycles. The Balaban J connectivity index is 1.23. The molecule has 3 aromatic rings. The fraction of sp³-hybridized carbons (Fsp3) is 0.488. The fourth-order valence-corrected chi connectivity index (χ4v) is 7.47. The van der Waals surface area contributed by atoms with Crippen LogP contribution < -0.4 is 16.0 Å². The summed E-state index contributed by atoms with van der Waals surface area (Å²) < 4.78 is 24.8. The number of halogens is 1. The van der Waals surface area contributed by atoms with Gasteiger partial charge in [0.15, 0.2) is 0 Å². The number of likely N-dealkylation sites (tertiary alicyclic amines) is 1. The highest BCUT2D eigenvalue weighted by Crippen LogP contribution is 2.32. The molecule has 2 aliphatic rings. The standard InChI is InChI=1S/C43H55FN4O6/c1-42(2,3)37(46-38(49)35(26-31-12-10-11-13-31)28-45-40(51)53-29-33-14-6-4-7-15-33)39(50)48-24-22-43(23-25-48,27-32-18-20-36(44)21-19-32)47-41(52)54-30-34-16-8-5-9-17-34/h4-9,14-21,31,35,37H,10-13,22-30H2,1-3H3,(H,45,51)(H,46,49)(H,47,52)/t35-,37-/m1/s1. The predicted octanol–water partition coefficient (Wildman–Crippen LogP) is 7.31. The maximum absolute atomic E-state index is 14.3. The van der Waals surface area contributed by atoms with Crippen LogP contribution in [0.15, 0.2) is 84.9 Å². The molecular formula is C43H55FN4O6. The molecule has 0 aromatic heterocycles. The molecule has 2 fully saturated rings. The van der Waals surface area contributed by atoms with Crippen LogP contribution in [-0.4, -0.2) is 60.1 Å². The number of rotatable bonds is 14. The maximum atomic E-state index is 14.3. The van der Waals surface area contributed by atoms with Crippen LogP contribution in [0.4, 0.5) is 14.0 Å². The number of alkyl carbamates (subject to hydrolysis) is 2. The highest BCUT2D eigenvalue weighted by molar-refractivity contribution is 5.89. The van der Waals surface area contributed by atoms with Crippen molar-refractivity contribution < 1.29 is 33.0 Å². The van der Waals surface area contributed by atoms with Gasteiger partial charge in [0.2, 0.25) is 11.8 Å². The third-order valence-electron chi connectivity index (χ3n) is 10.6. The van der Waals surface area contributed by atoms with Crippen molar-refractivity contribution >= 4 is 24.0 Å². The first-order valence-electron chi connectivity index (χ1n) is 19.2. The highest BCUT2D eigenvalue weighted by atomic mass is 19.1. The van der Waals surface area contributed by atoms with Gasteiger partial charge in [-0.3, -0.25) is 9.59 Å². The maximum Gasteiger partial charge on any atom is 0.407 e. The van der Waals surface area contributed by atoms with Crippen LogP contribution in [-0.2, 0) is 38.7 Å². The van der Waals surface area contributed by atoms with Crippen LogP contribution in [0.25, 0.3) is 0 Å². The first kappa shape index (κ1) is 40.3. The van der Waals surface area contributed by atoms with Crippen molar-refractivity contribution in [3.63, 3.8) is 0 Å². The van der Waals surface area contributed by atoms with E-state index < -0.39 is 35.1 Å². The third kappa shape index (κ3) is 12.0. The van der Waals surface area contributed by atoms with Gasteiger partial charge in [0.1, 0.15) is 25.1 Å². The molecule has 0 spiro atoms. The molecule has 4 amide bonds. The van der Waals surface area contributed by atoms with Crippen LogP contribution in [0.3, 0.4) is 0 Å². The van der Waals surface area contributed by atoms with Crippen molar-refractivity contribution in [2.75, 3.05) is 19.6 Å². The van der Waals surface area contributed by atoms with Crippen LogP contribution in [0.1, 0.15) is 82.4 Å². The number of nitrogens with one attached hydrogen (secondary N) is 3. The Kier molecular flexibility index (Phi) is 14.1. The minimum absolute atomic E-state index is 0.0999. The average Bonchev–Trinajstić information content (AvgIpc) is 3.68. The summed E-state index contributed by atoms with van der Waals surface area (Å²) in [6, 6.07) is 24.2. The van der Waals surface area contributed by atoms with E-state index in [9.17, 15) is 23.6 Å².